The summed E-state index contributed by atoms with van der Waals surface area (Å²) in [4.78, 5) is 23.8. The Morgan fingerprint density at radius 3 is 2.07 bits per heavy atom. The first kappa shape index (κ1) is 25.6. The minimum absolute atomic E-state index is 0.0179. The van der Waals surface area contributed by atoms with Crippen molar-refractivity contribution in [2.75, 3.05) is 33.5 Å². The van der Waals surface area contributed by atoms with Crippen LogP contribution in [0.15, 0.2) is 48.6 Å². The Hall–Kier alpha value is -2.44. The number of aryl methyl sites for hydroxylation is 1. The van der Waals surface area contributed by atoms with Crippen LogP contribution < -0.4 is 0 Å². The Bertz CT molecular complexity index is 692. The Balaban J connectivity index is 2.71. The highest BCUT2D eigenvalue weighted by Crippen LogP contribution is 2.15. The molecule has 0 spiro atoms. The van der Waals surface area contributed by atoms with Crippen LogP contribution in [-0.2, 0) is 36.6 Å². The molecule has 1 rings (SSSR count). The zero-order chi connectivity index (χ0) is 22.4. The molecule has 0 saturated heterocycles. The van der Waals surface area contributed by atoms with Crippen molar-refractivity contribution in [2.24, 2.45) is 5.92 Å². The molecule has 0 amide bonds. The first-order valence-corrected chi connectivity index (χ1v) is 10.3. The number of methoxy groups -OCH3 is 1. The standard InChI is InChI=1S/C24H34O6/c1-5-6-7-8-20-9-11-21(12-10-20)13-22(16-29-23(26)18(2)14-25)17-30-24(27)19(3)15-28-4/h9-12,22,25H,2-3,5-8,13-17H2,1,4H3. The van der Waals surface area contributed by atoms with Gasteiger partial charge in [-0.25, -0.2) is 9.59 Å². The molecule has 1 N–H and O–H groups in total. The lowest BCUT2D eigenvalue weighted by atomic mass is 9.98. The summed E-state index contributed by atoms with van der Waals surface area (Å²) in [5.41, 5.74) is 2.55. The number of carbonyl (C=O) groups is 2. The van der Waals surface area contributed by atoms with Crippen molar-refractivity contribution in [1.82, 2.24) is 0 Å². The van der Waals surface area contributed by atoms with Crippen LogP contribution in [0.4, 0.5) is 0 Å². The van der Waals surface area contributed by atoms with E-state index in [1.165, 1.54) is 31.9 Å². The maximum Gasteiger partial charge on any atom is 0.335 e. The van der Waals surface area contributed by atoms with Gasteiger partial charge in [-0.05, 0) is 30.4 Å². The maximum atomic E-state index is 12.0. The summed E-state index contributed by atoms with van der Waals surface area (Å²) in [6.07, 6.45) is 5.20. The highest BCUT2D eigenvalue weighted by Gasteiger charge is 2.18. The Kier molecular flexibility index (Phi) is 12.4. The van der Waals surface area contributed by atoms with Crippen LogP contribution in [-0.4, -0.2) is 50.6 Å². The van der Waals surface area contributed by atoms with E-state index in [0.29, 0.717) is 6.42 Å². The lowest BCUT2D eigenvalue weighted by molar-refractivity contribution is -0.144. The predicted octanol–water partition coefficient (Wildman–Crippen LogP) is 3.42. The van der Waals surface area contributed by atoms with E-state index in [0.717, 1.165) is 12.0 Å². The molecule has 0 aliphatic heterocycles. The largest absolute Gasteiger partial charge is 0.462 e. The van der Waals surface area contributed by atoms with E-state index in [1.807, 2.05) is 0 Å². The number of hydrogen-bond donors (Lipinski definition) is 1. The van der Waals surface area contributed by atoms with E-state index >= 15 is 0 Å². The van der Waals surface area contributed by atoms with Crippen molar-refractivity contribution in [2.45, 2.75) is 39.0 Å². The number of esters is 2. The first-order valence-electron chi connectivity index (χ1n) is 10.3. The summed E-state index contributed by atoms with van der Waals surface area (Å²) in [5, 5.41) is 9.01. The zero-order valence-corrected chi connectivity index (χ0v) is 18.2. The van der Waals surface area contributed by atoms with Gasteiger partial charge in [-0.3, -0.25) is 0 Å². The summed E-state index contributed by atoms with van der Waals surface area (Å²) < 4.78 is 15.4. The Labute approximate surface area is 179 Å². The van der Waals surface area contributed by atoms with Gasteiger partial charge < -0.3 is 19.3 Å². The number of carbonyl (C=O) groups excluding carboxylic acids is 2. The van der Waals surface area contributed by atoms with Gasteiger partial charge in [0, 0.05) is 13.0 Å². The van der Waals surface area contributed by atoms with E-state index in [-0.39, 0.29) is 36.9 Å². The van der Waals surface area contributed by atoms with Crippen molar-refractivity contribution in [1.29, 1.82) is 0 Å². The minimum atomic E-state index is -0.663. The van der Waals surface area contributed by atoms with Crippen molar-refractivity contribution >= 4 is 11.9 Å². The predicted molar refractivity (Wildman–Crippen MR) is 116 cm³/mol. The molecule has 0 aliphatic rings. The molecule has 30 heavy (non-hydrogen) atoms. The monoisotopic (exact) mass is 418 g/mol. The van der Waals surface area contributed by atoms with Gasteiger partial charge >= 0.3 is 11.9 Å². The van der Waals surface area contributed by atoms with Gasteiger partial charge in [-0.1, -0.05) is 57.2 Å². The van der Waals surface area contributed by atoms with Crippen LogP contribution in [0.3, 0.4) is 0 Å². The molecule has 1 unspecified atom stereocenters. The number of ether oxygens (including phenoxy) is 3. The van der Waals surface area contributed by atoms with E-state index < -0.39 is 18.5 Å². The lowest BCUT2D eigenvalue weighted by Crippen LogP contribution is -2.24. The highest BCUT2D eigenvalue weighted by atomic mass is 16.5. The smallest absolute Gasteiger partial charge is 0.335 e. The molecule has 0 bridgehead atoms. The first-order chi connectivity index (χ1) is 14.4. The minimum Gasteiger partial charge on any atom is -0.462 e. The molecule has 0 fully saturated rings. The van der Waals surface area contributed by atoms with Crippen molar-refractivity contribution < 1.29 is 28.9 Å². The van der Waals surface area contributed by atoms with E-state index in [1.54, 1.807) is 0 Å². The average Bonchev–Trinajstić information content (AvgIpc) is 2.75. The number of unbranched alkanes of at least 4 members (excludes halogenated alkanes) is 2. The molecule has 0 heterocycles. The van der Waals surface area contributed by atoms with Crippen LogP contribution in [0.25, 0.3) is 0 Å². The zero-order valence-electron chi connectivity index (χ0n) is 18.2. The molecular formula is C24H34O6. The molecule has 0 aliphatic carbocycles. The van der Waals surface area contributed by atoms with Crippen molar-refractivity contribution in [3.8, 4) is 0 Å². The fraction of sp³-hybridized carbons (Fsp3) is 0.500. The van der Waals surface area contributed by atoms with Crippen LogP contribution >= 0.6 is 0 Å². The van der Waals surface area contributed by atoms with E-state index in [9.17, 15) is 9.59 Å². The fourth-order valence-corrected chi connectivity index (χ4v) is 2.81. The second-order valence-electron chi connectivity index (χ2n) is 7.34. The fourth-order valence-electron chi connectivity index (χ4n) is 2.81. The van der Waals surface area contributed by atoms with Crippen LogP contribution in [0, 0.1) is 5.92 Å². The number of rotatable bonds is 15. The second-order valence-corrected chi connectivity index (χ2v) is 7.34. The van der Waals surface area contributed by atoms with Gasteiger partial charge in [-0.15, -0.1) is 0 Å². The van der Waals surface area contributed by atoms with Crippen molar-refractivity contribution in [3.05, 3.63) is 59.7 Å². The van der Waals surface area contributed by atoms with Gasteiger partial charge in [0.15, 0.2) is 0 Å². The van der Waals surface area contributed by atoms with Crippen LogP contribution in [0.1, 0.15) is 37.3 Å². The molecule has 1 aromatic rings. The van der Waals surface area contributed by atoms with Crippen LogP contribution in [0.2, 0.25) is 0 Å². The lowest BCUT2D eigenvalue weighted by Gasteiger charge is -2.18. The van der Waals surface area contributed by atoms with Crippen molar-refractivity contribution in [3.63, 3.8) is 0 Å². The summed E-state index contributed by atoms with van der Waals surface area (Å²) in [6, 6.07) is 8.31. The number of benzene rings is 1. The second kappa shape index (κ2) is 14.5. The molecule has 1 atom stereocenters. The third kappa shape index (κ3) is 9.85. The SMILES string of the molecule is C=C(CO)C(=O)OCC(COC(=O)C(=C)COC)Cc1ccc(CCCCC)cc1. The molecule has 6 nitrogen and oxygen atoms in total. The van der Waals surface area contributed by atoms with E-state index in [4.69, 9.17) is 19.3 Å². The highest BCUT2D eigenvalue weighted by molar-refractivity contribution is 5.88. The average molecular weight is 419 g/mol. The van der Waals surface area contributed by atoms with Gasteiger partial charge in [-0.2, -0.15) is 0 Å². The molecule has 1 aromatic carbocycles. The third-order valence-corrected chi connectivity index (χ3v) is 4.60. The molecule has 6 heteroatoms. The normalized spacial score (nSPS) is 11.6. The number of aliphatic hydroxyl groups is 1. The summed E-state index contributed by atoms with van der Waals surface area (Å²) in [7, 11) is 1.47. The maximum absolute atomic E-state index is 12.0. The van der Waals surface area contributed by atoms with Gasteiger partial charge in [0.1, 0.15) is 0 Å². The Morgan fingerprint density at radius 2 is 1.53 bits per heavy atom. The summed E-state index contributed by atoms with van der Waals surface area (Å²) in [5.74, 6) is -1.45. The van der Waals surface area contributed by atoms with Crippen LogP contribution in [0.5, 0.6) is 0 Å². The topological polar surface area (TPSA) is 82.1 Å². The number of hydrogen-bond acceptors (Lipinski definition) is 6. The molecule has 166 valence electrons. The number of aliphatic hydroxyl groups excluding tert-OH is 1. The molecule has 0 radical (unpaired) electrons. The van der Waals surface area contributed by atoms with E-state index in [2.05, 4.69) is 44.3 Å². The summed E-state index contributed by atoms with van der Waals surface area (Å²) >= 11 is 0. The van der Waals surface area contributed by atoms with Gasteiger partial charge in [0.25, 0.3) is 0 Å². The quantitative estimate of drug-likeness (QED) is 0.267. The molecule has 0 saturated carbocycles. The van der Waals surface area contributed by atoms with Gasteiger partial charge in [0.2, 0.25) is 0 Å². The Morgan fingerprint density at radius 1 is 0.967 bits per heavy atom. The molecule has 0 aromatic heterocycles. The van der Waals surface area contributed by atoms with Gasteiger partial charge in [0.05, 0.1) is 37.6 Å². The summed E-state index contributed by atoms with van der Waals surface area (Å²) in [6.45, 7) is 9.01. The third-order valence-electron chi connectivity index (χ3n) is 4.60. The molecular weight excluding hydrogens is 384 g/mol.